The highest BCUT2D eigenvalue weighted by Crippen LogP contribution is 2.21. The topological polar surface area (TPSA) is 76.1 Å². The van der Waals surface area contributed by atoms with Crippen LogP contribution in [0, 0.1) is 0 Å². The van der Waals surface area contributed by atoms with Crippen molar-refractivity contribution in [1.29, 1.82) is 0 Å². The molecule has 22 heavy (non-hydrogen) atoms. The minimum absolute atomic E-state index is 0.182. The Morgan fingerprint density at radius 1 is 1.23 bits per heavy atom. The van der Waals surface area contributed by atoms with Crippen LogP contribution in [0.2, 0.25) is 5.28 Å². The van der Waals surface area contributed by atoms with E-state index in [-0.39, 0.29) is 5.28 Å². The molecule has 1 amide bonds. The largest absolute Gasteiger partial charge is 0.444 e. The number of hydrogen-bond acceptors (Lipinski definition) is 5. The van der Waals surface area contributed by atoms with E-state index in [1.54, 1.807) is 0 Å². The summed E-state index contributed by atoms with van der Waals surface area (Å²) in [5.74, 6) is 0.640. The van der Waals surface area contributed by atoms with Gasteiger partial charge in [-0.2, -0.15) is 0 Å². The van der Waals surface area contributed by atoms with Gasteiger partial charge in [0.25, 0.3) is 0 Å². The van der Waals surface area contributed by atoms with Crippen LogP contribution < -0.4 is 10.6 Å². The monoisotopic (exact) mass is 322 g/mol. The number of nitrogens with zero attached hydrogens (tertiary/aromatic N) is 2. The third kappa shape index (κ3) is 4.73. The summed E-state index contributed by atoms with van der Waals surface area (Å²) in [6.07, 6.45) is -0.445. The van der Waals surface area contributed by atoms with Crippen molar-refractivity contribution in [3.63, 3.8) is 0 Å². The fourth-order valence-corrected chi connectivity index (χ4v) is 2.02. The van der Waals surface area contributed by atoms with E-state index in [0.717, 1.165) is 10.9 Å². The zero-order chi connectivity index (χ0) is 16.2. The van der Waals surface area contributed by atoms with Gasteiger partial charge in [-0.25, -0.2) is 14.8 Å². The van der Waals surface area contributed by atoms with Crippen molar-refractivity contribution in [2.24, 2.45) is 0 Å². The molecule has 0 saturated heterocycles. The molecule has 0 atom stereocenters. The molecular weight excluding hydrogens is 304 g/mol. The lowest BCUT2D eigenvalue weighted by atomic mass is 10.2. The Morgan fingerprint density at radius 3 is 2.68 bits per heavy atom. The summed E-state index contributed by atoms with van der Waals surface area (Å²) in [6, 6.07) is 7.57. The maximum atomic E-state index is 11.5. The molecule has 7 heteroatoms. The molecule has 6 nitrogen and oxygen atoms in total. The van der Waals surface area contributed by atoms with Crippen molar-refractivity contribution >= 4 is 34.4 Å². The second kappa shape index (κ2) is 6.79. The van der Waals surface area contributed by atoms with Crippen LogP contribution in [0.5, 0.6) is 0 Å². The zero-order valence-electron chi connectivity index (χ0n) is 12.8. The van der Waals surface area contributed by atoms with Crippen LogP contribution in [0.1, 0.15) is 20.8 Å². The predicted octanol–water partition coefficient (Wildman–Crippen LogP) is 3.22. The minimum atomic E-state index is -0.506. The number of aromatic nitrogens is 2. The van der Waals surface area contributed by atoms with Crippen molar-refractivity contribution in [3.05, 3.63) is 29.5 Å². The highest BCUT2D eigenvalue weighted by atomic mass is 35.5. The van der Waals surface area contributed by atoms with Gasteiger partial charge in [-0.1, -0.05) is 12.1 Å². The molecule has 2 aromatic rings. The molecule has 0 saturated carbocycles. The van der Waals surface area contributed by atoms with Gasteiger partial charge in [-0.05, 0) is 44.5 Å². The summed E-state index contributed by atoms with van der Waals surface area (Å²) in [7, 11) is 0. The van der Waals surface area contributed by atoms with Crippen LogP contribution in [0.15, 0.2) is 24.3 Å². The summed E-state index contributed by atoms with van der Waals surface area (Å²) in [5.41, 5.74) is 0.263. The lowest BCUT2D eigenvalue weighted by Gasteiger charge is -2.19. The minimum Gasteiger partial charge on any atom is -0.444 e. The first-order valence-electron chi connectivity index (χ1n) is 6.98. The number of rotatable bonds is 4. The number of fused-ring (bicyclic) bond motifs is 1. The lowest BCUT2D eigenvalue weighted by molar-refractivity contribution is 0.0530. The summed E-state index contributed by atoms with van der Waals surface area (Å²) >= 11 is 5.91. The van der Waals surface area contributed by atoms with E-state index in [0.29, 0.717) is 18.9 Å². The molecule has 1 aromatic carbocycles. The van der Waals surface area contributed by atoms with E-state index in [9.17, 15) is 4.79 Å². The molecule has 118 valence electrons. The van der Waals surface area contributed by atoms with Crippen LogP contribution in [0.25, 0.3) is 10.9 Å². The van der Waals surface area contributed by atoms with Crippen molar-refractivity contribution < 1.29 is 9.53 Å². The maximum Gasteiger partial charge on any atom is 0.407 e. The molecule has 2 rings (SSSR count). The van der Waals surface area contributed by atoms with Crippen LogP contribution in [-0.2, 0) is 4.74 Å². The number of anilines is 1. The van der Waals surface area contributed by atoms with E-state index < -0.39 is 11.7 Å². The van der Waals surface area contributed by atoms with Gasteiger partial charge in [0.2, 0.25) is 5.28 Å². The van der Waals surface area contributed by atoms with Crippen molar-refractivity contribution in [2.45, 2.75) is 26.4 Å². The van der Waals surface area contributed by atoms with E-state index in [1.165, 1.54) is 0 Å². The van der Waals surface area contributed by atoms with Crippen molar-refractivity contribution in [1.82, 2.24) is 15.3 Å². The molecular formula is C15H19ClN4O2. The molecule has 0 aliphatic rings. The number of benzene rings is 1. The van der Waals surface area contributed by atoms with Crippen LogP contribution >= 0.6 is 11.6 Å². The molecule has 0 radical (unpaired) electrons. The molecule has 1 aromatic heterocycles. The first kappa shape index (κ1) is 16.3. The number of carbonyl (C=O) groups excluding carboxylic acids is 1. The Morgan fingerprint density at radius 2 is 1.95 bits per heavy atom. The first-order valence-corrected chi connectivity index (χ1v) is 7.36. The third-order valence-corrected chi connectivity index (χ3v) is 2.83. The number of hydrogen-bond donors (Lipinski definition) is 2. The summed E-state index contributed by atoms with van der Waals surface area (Å²) in [5, 5.41) is 6.87. The summed E-state index contributed by atoms with van der Waals surface area (Å²) in [6.45, 7) is 6.36. The molecule has 0 bridgehead atoms. The van der Waals surface area contributed by atoms with Gasteiger partial charge in [0.1, 0.15) is 11.4 Å². The molecule has 0 aliphatic heterocycles. The molecule has 0 spiro atoms. The molecule has 0 unspecified atom stereocenters. The molecule has 1 heterocycles. The Balaban J connectivity index is 1.91. The van der Waals surface area contributed by atoms with Gasteiger partial charge >= 0.3 is 6.09 Å². The van der Waals surface area contributed by atoms with E-state index in [1.807, 2.05) is 45.0 Å². The highest BCUT2D eigenvalue weighted by Gasteiger charge is 2.15. The molecule has 0 fully saturated rings. The Kier molecular flexibility index (Phi) is 5.03. The van der Waals surface area contributed by atoms with Crippen LogP contribution in [0.3, 0.4) is 0 Å². The van der Waals surface area contributed by atoms with Crippen LogP contribution in [0.4, 0.5) is 10.6 Å². The number of alkyl carbamates (subject to hydrolysis) is 1. The van der Waals surface area contributed by atoms with E-state index in [2.05, 4.69) is 20.6 Å². The van der Waals surface area contributed by atoms with Gasteiger partial charge in [-0.3, -0.25) is 0 Å². The Hall–Kier alpha value is -2.08. The first-order chi connectivity index (χ1) is 10.3. The number of amides is 1. The normalized spacial score (nSPS) is 11.3. The third-order valence-electron chi connectivity index (χ3n) is 2.66. The average molecular weight is 323 g/mol. The van der Waals surface area contributed by atoms with Gasteiger partial charge in [-0.15, -0.1) is 0 Å². The lowest BCUT2D eigenvalue weighted by Crippen LogP contribution is -2.35. The predicted molar refractivity (Wildman–Crippen MR) is 87.3 cm³/mol. The van der Waals surface area contributed by atoms with Crippen LogP contribution in [-0.4, -0.2) is 34.8 Å². The zero-order valence-corrected chi connectivity index (χ0v) is 13.6. The quantitative estimate of drug-likeness (QED) is 0.667. The standard InChI is InChI=1S/C15H19ClN4O2/c1-15(2,3)22-14(21)18-9-8-17-12-10-6-4-5-7-11(10)19-13(16)20-12/h4-7H,8-9H2,1-3H3,(H,18,21)(H,17,19,20). The summed E-state index contributed by atoms with van der Waals surface area (Å²) < 4.78 is 5.15. The second-order valence-electron chi connectivity index (χ2n) is 5.71. The summed E-state index contributed by atoms with van der Waals surface area (Å²) in [4.78, 5) is 19.9. The van der Waals surface area contributed by atoms with Gasteiger partial charge < -0.3 is 15.4 Å². The highest BCUT2D eigenvalue weighted by molar-refractivity contribution is 6.28. The molecule has 2 N–H and O–H groups in total. The van der Waals surface area contributed by atoms with Gasteiger partial charge in [0.05, 0.1) is 5.52 Å². The number of ether oxygens (including phenoxy) is 1. The second-order valence-corrected chi connectivity index (χ2v) is 6.05. The van der Waals surface area contributed by atoms with Crippen molar-refractivity contribution in [3.8, 4) is 0 Å². The fourth-order valence-electron chi connectivity index (χ4n) is 1.84. The maximum absolute atomic E-state index is 11.5. The van der Waals surface area contributed by atoms with Gasteiger partial charge in [0.15, 0.2) is 0 Å². The van der Waals surface area contributed by atoms with Crippen molar-refractivity contribution in [2.75, 3.05) is 18.4 Å². The molecule has 0 aliphatic carbocycles. The fraction of sp³-hybridized carbons (Fsp3) is 0.400. The smallest absolute Gasteiger partial charge is 0.407 e. The number of halogens is 1. The number of carbonyl (C=O) groups is 1. The van der Waals surface area contributed by atoms with E-state index >= 15 is 0 Å². The van der Waals surface area contributed by atoms with E-state index in [4.69, 9.17) is 16.3 Å². The number of nitrogens with one attached hydrogen (secondary N) is 2. The number of para-hydroxylation sites is 1. The Labute approximate surface area is 134 Å². The van der Waals surface area contributed by atoms with Gasteiger partial charge in [0, 0.05) is 18.5 Å². The average Bonchev–Trinajstić information content (AvgIpc) is 2.41. The Bertz CT molecular complexity index is 670. The SMILES string of the molecule is CC(C)(C)OC(=O)NCCNc1nc(Cl)nc2ccccc12.